The van der Waals surface area contributed by atoms with Gasteiger partial charge in [-0.2, -0.15) is 4.98 Å². The fourth-order valence-corrected chi connectivity index (χ4v) is 4.46. The number of ether oxygens (including phenoxy) is 3. The maximum absolute atomic E-state index is 13.9. The van der Waals surface area contributed by atoms with Gasteiger partial charge < -0.3 is 30.0 Å². The standard InChI is InChI=1S/C28H27N5O5/c1-16-24(27(35)30-21-7-5-6-8-23(21)38-4)25(20-15-19(36-2)13-14-22(20)37-3)33-28(29-16)31-26(32-33)17-9-11-18(34)12-10-17/h5-15,25,34H,1-4H3,(H,30,35)(H,29,31,32). The van der Waals surface area contributed by atoms with Gasteiger partial charge in [0.1, 0.15) is 29.0 Å². The van der Waals surface area contributed by atoms with Crippen molar-refractivity contribution in [3.8, 4) is 34.4 Å². The van der Waals surface area contributed by atoms with Crippen molar-refractivity contribution in [2.75, 3.05) is 32.0 Å². The Morgan fingerprint density at radius 2 is 1.71 bits per heavy atom. The van der Waals surface area contributed by atoms with E-state index in [1.54, 1.807) is 74.5 Å². The first-order chi connectivity index (χ1) is 18.4. The Morgan fingerprint density at radius 1 is 0.974 bits per heavy atom. The third kappa shape index (κ3) is 4.47. The fourth-order valence-electron chi connectivity index (χ4n) is 4.46. The van der Waals surface area contributed by atoms with Gasteiger partial charge in [0.2, 0.25) is 5.95 Å². The number of hydrogen-bond donors (Lipinski definition) is 3. The summed E-state index contributed by atoms with van der Waals surface area (Å²) < 4.78 is 18.3. The zero-order valence-corrected chi connectivity index (χ0v) is 21.4. The summed E-state index contributed by atoms with van der Waals surface area (Å²) in [6.45, 7) is 1.81. The van der Waals surface area contributed by atoms with E-state index in [1.165, 1.54) is 0 Å². The number of carbonyl (C=O) groups is 1. The van der Waals surface area contributed by atoms with Crippen LogP contribution in [-0.2, 0) is 4.79 Å². The zero-order valence-electron chi connectivity index (χ0n) is 21.4. The van der Waals surface area contributed by atoms with Gasteiger partial charge in [-0.15, -0.1) is 5.10 Å². The van der Waals surface area contributed by atoms with Crippen LogP contribution in [-0.4, -0.2) is 47.1 Å². The van der Waals surface area contributed by atoms with Crippen molar-refractivity contribution in [2.45, 2.75) is 13.0 Å². The molecule has 1 unspecified atom stereocenters. The van der Waals surface area contributed by atoms with Crippen molar-refractivity contribution in [2.24, 2.45) is 0 Å². The van der Waals surface area contributed by atoms with E-state index in [9.17, 15) is 9.90 Å². The van der Waals surface area contributed by atoms with Crippen LogP contribution in [0.4, 0.5) is 11.6 Å². The number of phenols is 1. The predicted molar refractivity (Wildman–Crippen MR) is 143 cm³/mol. The minimum absolute atomic E-state index is 0.141. The lowest BCUT2D eigenvalue weighted by Gasteiger charge is -2.29. The van der Waals surface area contributed by atoms with Crippen molar-refractivity contribution in [1.29, 1.82) is 0 Å². The lowest BCUT2D eigenvalue weighted by Crippen LogP contribution is -2.31. The van der Waals surface area contributed by atoms with E-state index >= 15 is 0 Å². The van der Waals surface area contributed by atoms with E-state index < -0.39 is 6.04 Å². The highest BCUT2D eigenvalue weighted by Gasteiger charge is 2.36. The largest absolute Gasteiger partial charge is 0.508 e. The first kappa shape index (κ1) is 24.7. The molecule has 1 amide bonds. The molecule has 0 bridgehead atoms. The van der Waals surface area contributed by atoms with Gasteiger partial charge in [0.05, 0.1) is 32.6 Å². The van der Waals surface area contributed by atoms with Gasteiger partial charge >= 0.3 is 0 Å². The second-order valence-corrected chi connectivity index (χ2v) is 8.58. The van der Waals surface area contributed by atoms with E-state index in [0.29, 0.717) is 57.1 Å². The van der Waals surface area contributed by atoms with Crippen LogP contribution in [0.5, 0.6) is 23.0 Å². The van der Waals surface area contributed by atoms with E-state index in [0.717, 1.165) is 0 Å². The Kier molecular flexibility index (Phi) is 6.61. The number of nitrogens with zero attached hydrogens (tertiary/aromatic N) is 3. The molecule has 0 saturated carbocycles. The maximum Gasteiger partial charge on any atom is 0.255 e. The van der Waals surface area contributed by atoms with Gasteiger partial charge in [-0.05, 0) is 61.5 Å². The topological polar surface area (TPSA) is 120 Å². The number of para-hydroxylation sites is 2. The number of nitrogens with one attached hydrogen (secondary N) is 2. The quantitative estimate of drug-likeness (QED) is 0.328. The summed E-state index contributed by atoms with van der Waals surface area (Å²) in [4.78, 5) is 18.6. The van der Waals surface area contributed by atoms with Crippen LogP contribution in [0.3, 0.4) is 0 Å². The highest BCUT2D eigenvalue weighted by atomic mass is 16.5. The number of hydrogen-bond acceptors (Lipinski definition) is 8. The Bertz CT molecular complexity index is 1530. The minimum atomic E-state index is -0.704. The molecule has 0 spiro atoms. The summed E-state index contributed by atoms with van der Waals surface area (Å²) in [6, 6.07) is 18.5. The van der Waals surface area contributed by atoms with Gasteiger partial charge in [-0.25, -0.2) is 4.68 Å². The molecule has 0 fully saturated rings. The second-order valence-electron chi connectivity index (χ2n) is 8.58. The molecule has 0 radical (unpaired) electrons. The molecule has 10 heteroatoms. The Morgan fingerprint density at radius 3 is 2.42 bits per heavy atom. The van der Waals surface area contributed by atoms with Crippen molar-refractivity contribution in [3.05, 3.63) is 83.6 Å². The first-order valence-corrected chi connectivity index (χ1v) is 11.8. The number of anilines is 2. The maximum atomic E-state index is 13.9. The van der Waals surface area contributed by atoms with E-state index in [4.69, 9.17) is 19.3 Å². The Hall–Kier alpha value is -4.99. The first-order valence-electron chi connectivity index (χ1n) is 11.8. The number of amides is 1. The number of aromatic nitrogens is 3. The molecule has 0 aliphatic carbocycles. The van der Waals surface area contributed by atoms with Crippen LogP contribution >= 0.6 is 0 Å². The lowest BCUT2D eigenvalue weighted by molar-refractivity contribution is -0.113. The molecule has 1 aliphatic rings. The number of methoxy groups -OCH3 is 3. The van der Waals surface area contributed by atoms with Crippen LogP contribution in [0.1, 0.15) is 18.5 Å². The Balaban J connectivity index is 1.66. The van der Waals surface area contributed by atoms with Gasteiger partial charge in [0, 0.05) is 16.8 Å². The monoisotopic (exact) mass is 513 g/mol. The number of benzene rings is 3. The van der Waals surface area contributed by atoms with Gasteiger partial charge in [-0.1, -0.05) is 12.1 Å². The van der Waals surface area contributed by atoms with Gasteiger partial charge in [0.15, 0.2) is 5.82 Å². The van der Waals surface area contributed by atoms with Crippen LogP contribution in [0.25, 0.3) is 11.4 Å². The van der Waals surface area contributed by atoms with Crippen LogP contribution in [0, 0.1) is 0 Å². The summed E-state index contributed by atoms with van der Waals surface area (Å²) in [7, 11) is 4.70. The van der Waals surface area contributed by atoms with Crippen LogP contribution in [0.15, 0.2) is 78.0 Å². The van der Waals surface area contributed by atoms with E-state index in [-0.39, 0.29) is 11.7 Å². The number of aromatic hydroxyl groups is 1. The normalized spacial score (nSPS) is 14.4. The molecule has 38 heavy (non-hydrogen) atoms. The van der Waals surface area contributed by atoms with Crippen LogP contribution in [0.2, 0.25) is 0 Å². The van der Waals surface area contributed by atoms with E-state index in [1.807, 2.05) is 25.1 Å². The second kappa shape index (κ2) is 10.2. The number of phenolic OH excluding ortho intramolecular Hbond substituents is 1. The summed E-state index contributed by atoms with van der Waals surface area (Å²) >= 11 is 0. The summed E-state index contributed by atoms with van der Waals surface area (Å²) in [5, 5.41) is 20.7. The number of carbonyl (C=O) groups excluding carboxylic acids is 1. The molecule has 10 nitrogen and oxygen atoms in total. The molecule has 194 valence electrons. The van der Waals surface area contributed by atoms with E-state index in [2.05, 4.69) is 15.6 Å². The molecule has 1 aliphatic heterocycles. The van der Waals surface area contributed by atoms with Crippen molar-refractivity contribution in [1.82, 2.24) is 14.8 Å². The summed E-state index contributed by atoms with van der Waals surface area (Å²) in [5.41, 5.74) is 2.93. The molecule has 3 aromatic carbocycles. The highest BCUT2D eigenvalue weighted by Crippen LogP contribution is 2.42. The van der Waals surface area contributed by atoms with Crippen molar-refractivity contribution < 1.29 is 24.1 Å². The summed E-state index contributed by atoms with van der Waals surface area (Å²) in [5.74, 6) is 2.37. The Labute approximate surface area is 219 Å². The molecule has 1 atom stereocenters. The molecule has 1 aromatic heterocycles. The molecule has 0 saturated heterocycles. The predicted octanol–water partition coefficient (Wildman–Crippen LogP) is 4.60. The smallest absolute Gasteiger partial charge is 0.255 e. The molecule has 2 heterocycles. The number of fused-ring (bicyclic) bond motifs is 1. The molecular formula is C28H27N5O5. The minimum Gasteiger partial charge on any atom is -0.508 e. The van der Waals surface area contributed by atoms with Gasteiger partial charge in [0.25, 0.3) is 5.91 Å². The summed E-state index contributed by atoms with van der Waals surface area (Å²) in [6.07, 6.45) is 0. The highest BCUT2D eigenvalue weighted by molar-refractivity contribution is 6.06. The van der Waals surface area contributed by atoms with Crippen molar-refractivity contribution >= 4 is 17.5 Å². The van der Waals surface area contributed by atoms with Crippen LogP contribution < -0.4 is 24.8 Å². The molecule has 4 aromatic rings. The molecular weight excluding hydrogens is 486 g/mol. The van der Waals surface area contributed by atoms with Crippen molar-refractivity contribution in [3.63, 3.8) is 0 Å². The zero-order chi connectivity index (χ0) is 26.8. The molecule has 3 N–H and O–H groups in total. The average molecular weight is 514 g/mol. The number of rotatable bonds is 7. The fraction of sp³-hybridized carbons (Fsp3) is 0.179. The molecule has 5 rings (SSSR count). The van der Waals surface area contributed by atoms with Gasteiger partial charge in [-0.3, -0.25) is 4.79 Å². The third-order valence-electron chi connectivity index (χ3n) is 6.31. The lowest BCUT2D eigenvalue weighted by atomic mass is 9.94. The number of allylic oxidation sites excluding steroid dienone is 1. The SMILES string of the molecule is COc1ccc(OC)c(C2C(C(=O)Nc3ccccc3OC)=C(C)Nc3nc(-c4ccc(O)cc4)nn32)c1. The third-order valence-corrected chi connectivity index (χ3v) is 6.31. The average Bonchev–Trinajstić information content (AvgIpc) is 3.36.